The Morgan fingerprint density at radius 2 is 1.86 bits per heavy atom. The number of nitrogens with one attached hydrogen (secondary N) is 3. The number of amides is 1. The average Bonchev–Trinajstić information content (AvgIpc) is 3.49. The number of ether oxygens (including phenoxy) is 1. The number of nitriles is 2. The van der Waals surface area contributed by atoms with E-state index >= 15 is 4.39 Å². The molecule has 1 fully saturated rings. The summed E-state index contributed by atoms with van der Waals surface area (Å²) >= 11 is 1.08. The molecule has 3 aromatic rings. The van der Waals surface area contributed by atoms with Gasteiger partial charge in [-0.15, -0.1) is 11.3 Å². The lowest BCUT2D eigenvalue weighted by Crippen LogP contribution is -2.37. The Labute approximate surface area is 206 Å². The Kier molecular flexibility index (Phi) is 7.90. The van der Waals surface area contributed by atoms with Crippen molar-refractivity contribution in [3.8, 4) is 23.3 Å². The number of carbonyl (C=O) groups excluding carboxylic acids is 1. The third kappa shape index (κ3) is 6.05. The summed E-state index contributed by atoms with van der Waals surface area (Å²) < 4.78 is 20.6. The second-order valence-corrected chi connectivity index (χ2v) is 8.70. The van der Waals surface area contributed by atoms with Gasteiger partial charge in [-0.05, 0) is 42.7 Å². The van der Waals surface area contributed by atoms with Gasteiger partial charge in [-0.2, -0.15) is 10.5 Å². The van der Waals surface area contributed by atoms with Crippen molar-refractivity contribution in [1.29, 1.82) is 21.3 Å². The zero-order chi connectivity index (χ0) is 25.6. The number of fused-ring (bicyclic) bond motifs is 1. The fourth-order valence-corrected chi connectivity index (χ4v) is 4.23. The summed E-state index contributed by atoms with van der Waals surface area (Å²) in [6, 6.07) is 14.0. The summed E-state index contributed by atoms with van der Waals surface area (Å²) in [4.78, 5) is 16.3. The summed E-state index contributed by atoms with van der Waals surface area (Å²) in [6.45, 7) is 4.00. The molecule has 1 saturated carbocycles. The molecule has 178 valence electrons. The summed E-state index contributed by atoms with van der Waals surface area (Å²) in [5.41, 5.74) is 1.12. The minimum absolute atomic E-state index is 0.0584. The fraction of sp³-hybridized carbons (Fsp3) is 0.280. The van der Waals surface area contributed by atoms with Gasteiger partial charge in [0.2, 0.25) is 5.91 Å². The van der Waals surface area contributed by atoms with Gasteiger partial charge in [-0.1, -0.05) is 26.0 Å². The van der Waals surface area contributed by atoms with Crippen molar-refractivity contribution in [3.05, 3.63) is 52.8 Å². The molecule has 0 saturated heterocycles. The van der Waals surface area contributed by atoms with Gasteiger partial charge >= 0.3 is 0 Å². The summed E-state index contributed by atoms with van der Waals surface area (Å²) in [7, 11) is 0. The molecule has 4 rings (SSSR count). The molecular formula is C25H23FN6O2S. The van der Waals surface area contributed by atoms with Crippen LogP contribution in [0.1, 0.15) is 43.7 Å². The Bertz CT molecular complexity index is 1360. The molecule has 2 aromatic carbocycles. The number of hydrogen-bond acceptors (Lipinski definition) is 8. The minimum atomic E-state index is -0.827. The van der Waals surface area contributed by atoms with Gasteiger partial charge in [0.1, 0.15) is 22.8 Å². The smallest absolute Gasteiger partial charge is 0.230 e. The van der Waals surface area contributed by atoms with E-state index in [2.05, 4.69) is 10.3 Å². The standard InChI is InChI=1S/C23H17FN6O2S.C2H6/c24-21-15(14-3-1-13(11-25)2-4-14)5-6-16-22(21)33-20(29-16)10-18(28)32-17(27)9-19(31)30-23(12-26)7-8-23;1-2/h1-6,27-28H,7-10H2,(H,30,31);1-2H3. The molecule has 1 aliphatic rings. The van der Waals surface area contributed by atoms with Crippen LogP contribution in [0.2, 0.25) is 0 Å². The SMILES string of the molecule is CC.N#Cc1ccc(-c2ccc3nc(CC(=N)OC(=N)CC(=O)NC4(C#N)CC4)sc3c2F)cc1. The van der Waals surface area contributed by atoms with Gasteiger partial charge in [0.05, 0.1) is 34.3 Å². The lowest BCUT2D eigenvalue weighted by Gasteiger charge is -2.10. The van der Waals surface area contributed by atoms with Crippen LogP contribution in [-0.4, -0.2) is 28.2 Å². The highest BCUT2D eigenvalue weighted by molar-refractivity contribution is 7.18. The number of aromatic nitrogens is 1. The zero-order valence-electron chi connectivity index (χ0n) is 19.2. The van der Waals surface area contributed by atoms with Crippen LogP contribution >= 0.6 is 11.3 Å². The van der Waals surface area contributed by atoms with Crippen molar-refractivity contribution < 1.29 is 13.9 Å². The van der Waals surface area contributed by atoms with Crippen LogP contribution in [0.3, 0.4) is 0 Å². The predicted octanol–water partition coefficient (Wildman–Crippen LogP) is 5.08. The van der Waals surface area contributed by atoms with Crippen molar-refractivity contribution in [1.82, 2.24) is 10.3 Å². The number of nitrogens with zero attached hydrogens (tertiary/aromatic N) is 3. The largest absolute Gasteiger partial charge is 0.429 e. The van der Waals surface area contributed by atoms with Crippen LogP contribution in [0.25, 0.3) is 21.3 Å². The highest BCUT2D eigenvalue weighted by Crippen LogP contribution is 2.34. The lowest BCUT2D eigenvalue weighted by molar-refractivity contribution is -0.120. The van der Waals surface area contributed by atoms with Crippen LogP contribution < -0.4 is 5.32 Å². The second kappa shape index (κ2) is 10.9. The lowest BCUT2D eigenvalue weighted by atomic mass is 10.0. The highest BCUT2D eigenvalue weighted by atomic mass is 32.1. The Hall–Kier alpha value is -4.15. The molecule has 0 spiro atoms. The molecule has 0 unspecified atom stereocenters. The van der Waals surface area contributed by atoms with Crippen LogP contribution in [0.4, 0.5) is 4.39 Å². The van der Waals surface area contributed by atoms with Crippen molar-refractivity contribution in [2.24, 2.45) is 0 Å². The first kappa shape index (κ1) is 25.5. The number of rotatable bonds is 6. The Morgan fingerprint density at radius 1 is 1.17 bits per heavy atom. The first-order chi connectivity index (χ1) is 16.8. The van der Waals surface area contributed by atoms with E-state index < -0.39 is 23.2 Å². The molecule has 1 amide bonds. The molecule has 1 heterocycles. The molecule has 35 heavy (non-hydrogen) atoms. The molecule has 10 heteroatoms. The van der Waals surface area contributed by atoms with Crippen LogP contribution in [0.5, 0.6) is 0 Å². The van der Waals surface area contributed by atoms with Gasteiger partial charge in [-0.3, -0.25) is 15.6 Å². The zero-order valence-corrected chi connectivity index (χ0v) is 20.1. The fourth-order valence-electron chi connectivity index (χ4n) is 3.23. The quantitative estimate of drug-likeness (QED) is 0.326. The van der Waals surface area contributed by atoms with Crippen LogP contribution in [0, 0.1) is 39.3 Å². The molecule has 1 aliphatic carbocycles. The third-order valence-electron chi connectivity index (χ3n) is 5.09. The van der Waals surface area contributed by atoms with Crippen molar-refractivity contribution >= 4 is 39.3 Å². The summed E-state index contributed by atoms with van der Waals surface area (Å²) in [6.07, 6.45) is 0.728. The minimum Gasteiger partial charge on any atom is -0.429 e. The number of benzene rings is 2. The third-order valence-corrected chi connectivity index (χ3v) is 6.15. The van der Waals surface area contributed by atoms with E-state index in [0.29, 0.717) is 44.8 Å². The number of hydrogen-bond donors (Lipinski definition) is 3. The Balaban J connectivity index is 0.00000167. The van der Waals surface area contributed by atoms with Gasteiger partial charge < -0.3 is 10.1 Å². The number of thiazole rings is 1. The normalized spacial score (nSPS) is 12.9. The Morgan fingerprint density at radius 3 is 2.46 bits per heavy atom. The first-order valence-electron chi connectivity index (χ1n) is 11.0. The van der Waals surface area contributed by atoms with E-state index in [0.717, 1.165) is 11.3 Å². The van der Waals surface area contributed by atoms with E-state index in [1.165, 1.54) is 0 Å². The molecule has 1 aromatic heterocycles. The first-order valence-corrected chi connectivity index (χ1v) is 11.8. The number of halogens is 1. The highest BCUT2D eigenvalue weighted by Gasteiger charge is 2.44. The molecule has 0 atom stereocenters. The van der Waals surface area contributed by atoms with Gasteiger partial charge in [0, 0.05) is 5.56 Å². The van der Waals surface area contributed by atoms with Gasteiger partial charge in [-0.25, -0.2) is 9.37 Å². The predicted molar refractivity (Wildman–Crippen MR) is 132 cm³/mol. The van der Waals surface area contributed by atoms with E-state index in [1.807, 2.05) is 26.0 Å². The number of carbonyl (C=O) groups is 1. The average molecular weight is 491 g/mol. The molecule has 0 aliphatic heterocycles. The second-order valence-electron chi connectivity index (χ2n) is 7.62. The van der Waals surface area contributed by atoms with Crippen LogP contribution in [-0.2, 0) is 16.0 Å². The molecular weight excluding hydrogens is 467 g/mol. The summed E-state index contributed by atoms with van der Waals surface area (Å²) in [5.74, 6) is -1.66. The maximum Gasteiger partial charge on any atom is 0.230 e. The molecule has 0 radical (unpaired) electrons. The topological polar surface area (TPSA) is 146 Å². The van der Waals surface area contributed by atoms with E-state index in [9.17, 15) is 4.79 Å². The molecule has 0 bridgehead atoms. The summed E-state index contributed by atoms with van der Waals surface area (Å²) in [5, 5.41) is 36.7. The van der Waals surface area contributed by atoms with E-state index in [-0.39, 0.29) is 18.7 Å². The van der Waals surface area contributed by atoms with Gasteiger partial charge in [0.25, 0.3) is 0 Å². The maximum atomic E-state index is 15.1. The van der Waals surface area contributed by atoms with E-state index in [4.69, 9.17) is 26.1 Å². The van der Waals surface area contributed by atoms with Crippen molar-refractivity contribution in [2.45, 2.75) is 45.1 Å². The monoisotopic (exact) mass is 490 g/mol. The van der Waals surface area contributed by atoms with E-state index in [1.54, 1.807) is 36.4 Å². The van der Waals surface area contributed by atoms with Gasteiger partial charge in [0.15, 0.2) is 11.8 Å². The van der Waals surface area contributed by atoms with Crippen molar-refractivity contribution in [2.75, 3.05) is 0 Å². The van der Waals surface area contributed by atoms with Crippen LogP contribution in [0.15, 0.2) is 36.4 Å². The van der Waals surface area contributed by atoms with Crippen molar-refractivity contribution in [3.63, 3.8) is 0 Å². The molecule has 3 N–H and O–H groups in total. The maximum absolute atomic E-state index is 15.1. The molecule has 8 nitrogen and oxygen atoms in total.